The fourth-order valence-corrected chi connectivity index (χ4v) is 3.84. The highest BCUT2D eigenvalue weighted by Gasteiger charge is 2.60. The van der Waals surface area contributed by atoms with Crippen LogP contribution in [0.3, 0.4) is 0 Å². The Labute approximate surface area is 152 Å². The molecule has 0 aliphatic carbocycles. The Kier molecular flexibility index (Phi) is 3.95. The Morgan fingerprint density at radius 3 is 2.60 bits per heavy atom. The number of anilines is 1. The number of fused-ring (bicyclic) bond motifs is 2. The molecule has 0 bridgehead atoms. The molecule has 3 N–H and O–H groups in total. The molecule has 1 aromatic carbocycles. The zero-order chi connectivity index (χ0) is 18.5. The van der Waals surface area contributed by atoms with E-state index in [0.717, 1.165) is 0 Å². The summed E-state index contributed by atoms with van der Waals surface area (Å²) in [5, 5.41) is 2.72. The third-order valence-corrected chi connectivity index (χ3v) is 4.82. The number of halogens is 1. The third kappa shape index (κ3) is 2.21. The Balaban J connectivity index is 2.48. The van der Waals surface area contributed by atoms with E-state index in [1.54, 1.807) is 18.2 Å². The quantitative estimate of drug-likeness (QED) is 0.725. The van der Waals surface area contributed by atoms with Gasteiger partial charge >= 0.3 is 5.97 Å². The first kappa shape index (κ1) is 17.2. The number of amides is 1. The van der Waals surface area contributed by atoms with E-state index in [1.165, 1.54) is 21.0 Å². The molecule has 3 rings (SSSR count). The van der Waals surface area contributed by atoms with Gasteiger partial charge in [-0.05, 0) is 32.0 Å². The summed E-state index contributed by atoms with van der Waals surface area (Å²) < 4.78 is 10.9. The number of carbonyl (C=O) groups excluding carboxylic acids is 3. The first-order valence-electron chi connectivity index (χ1n) is 7.35. The van der Waals surface area contributed by atoms with Crippen LogP contribution in [0, 0.1) is 0 Å². The van der Waals surface area contributed by atoms with Gasteiger partial charge in [0.25, 0.3) is 0 Å². The standard InChI is InChI=1S/C17H15BrN2O5/c1-7(21)12-8(2)25-14(19)13(15(22)24-3)17(12)10-6-9(18)4-5-11(10)20-16(17)23/h4-6H,19H2,1-3H3,(H,20,23)/t17-/m0/s1. The highest BCUT2D eigenvalue weighted by atomic mass is 79.9. The van der Waals surface area contributed by atoms with E-state index in [4.69, 9.17) is 15.2 Å². The zero-order valence-corrected chi connectivity index (χ0v) is 15.3. The van der Waals surface area contributed by atoms with E-state index < -0.39 is 23.1 Å². The van der Waals surface area contributed by atoms with Crippen LogP contribution in [0.25, 0.3) is 0 Å². The van der Waals surface area contributed by atoms with Gasteiger partial charge in [-0.15, -0.1) is 0 Å². The van der Waals surface area contributed by atoms with Crippen LogP contribution in [0.1, 0.15) is 19.4 Å². The van der Waals surface area contributed by atoms with Gasteiger partial charge in [0, 0.05) is 15.7 Å². The molecule has 8 heteroatoms. The second-order valence-electron chi connectivity index (χ2n) is 5.71. The molecule has 1 amide bonds. The minimum absolute atomic E-state index is 0.0523. The highest BCUT2D eigenvalue weighted by Crippen LogP contribution is 2.52. The molecule has 25 heavy (non-hydrogen) atoms. The van der Waals surface area contributed by atoms with E-state index in [2.05, 4.69) is 21.2 Å². The molecule has 2 heterocycles. The SMILES string of the molecule is COC(=O)C1=C(N)OC(C)=C(C(C)=O)[C@]12C(=O)Nc1ccc(Br)cc12. The molecule has 0 saturated heterocycles. The molecule has 0 fully saturated rings. The molecule has 1 atom stereocenters. The van der Waals surface area contributed by atoms with Crippen LogP contribution in [0.2, 0.25) is 0 Å². The summed E-state index contributed by atoms with van der Waals surface area (Å²) in [6, 6.07) is 5.09. The fraction of sp³-hybridized carbons (Fsp3) is 0.235. The lowest BCUT2D eigenvalue weighted by atomic mass is 9.67. The van der Waals surface area contributed by atoms with Crippen molar-refractivity contribution in [2.24, 2.45) is 5.73 Å². The van der Waals surface area contributed by atoms with Crippen molar-refractivity contribution in [2.75, 3.05) is 12.4 Å². The molecule has 2 aliphatic rings. The maximum atomic E-state index is 13.1. The number of hydrogen-bond donors (Lipinski definition) is 2. The van der Waals surface area contributed by atoms with Crippen LogP contribution in [-0.4, -0.2) is 24.8 Å². The van der Waals surface area contributed by atoms with E-state index in [-0.39, 0.29) is 22.8 Å². The summed E-state index contributed by atoms with van der Waals surface area (Å²) >= 11 is 3.36. The maximum absolute atomic E-state index is 13.1. The average molecular weight is 407 g/mol. The van der Waals surface area contributed by atoms with E-state index in [9.17, 15) is 14.4 Å². The van der Waals surface area contributed by atoms with Crippen LogP contribution in [-0.2, 0) is 29.3 Å². The summed E-state index contributed by atoms with van der Waals surface area (Å²) in [4.78, 5) is 38.0. The van der Waals surface area contributed by atoms with Gasteiger partial charge in [0.2, 0.25) is 11.8 Å². The number of hydrogen-bond acceptors (Lipinski definition) is 6. The van der Waals surface area contributed by atoms with Crippen molar-refractivity contribution in [1.82, 2.24) is 0 Å². The number of nitrogens with one attached hydrogen (secondary N) is 1. The van der Waals surface area contributed by atoms with Gasteiger partial charge in [-0.2, -0.15) is 0 Å². The monoisotopic (exact) mass is 406 g/mol. The normalized spacial score (nSPS) is 21.8. The molecular weight excluding hydrogens is 392 g/mol. The van der Waals surface area contributed by atoms with Crippen LogP contribution >= 0.6 is 15.9 Å². The van der Waals surface area contributed by atoms with E-state index in [1.807, 2.05) is 0 Å². The number of nitrogens with two attached hydrogens (primary N) is 1. The fourth-order valence-electron chi connectivity index (χ4n) is 3.48. The zero-order valence-electron chi connectivity index (χ0n) is 13.7. The second kappa shape index (κ2) is 5.73. The Bertz CT molecular complexity index is 902. The number of Topliss-reactive ketones (excluding diaryl/α,β-unsaturated/α-hetero) is 1. The van der Waals surface area contributed by atoms with Crippen LogP contribution in [0.4, 0.5) is 5.69 Å². The van der Waals surface area contributed by atoms with Crippen molar-refractivity contribution >= 4 is 39.3 Å². The van der Waals surface area contributed by atoms with Crippen LogP contribution in [0.5, 0.6) is 0 Å². The van der Waals surface area contributed by atoms with Crippen molar-refractivity contribution in [3.05, 3.63) is 51.0 Å². The number of esters is 1. The molecule has 1 spiro atoms. The van der Waals surface area contributed by atoms with Gasteiger partial charge < -0.3 is 20.5 Å². The van der Waals surface area contributed by atoms with Crippen LogP contribution < -0.4 is 11.1 Å². The summed E-state index contributed by atoms with van der Waals surface area (Å²) in [5.74, 6) is -1.91. The number of rotatable bonds is 2. The van der Waals surface area contributed by atoms with Gasteiger partial charge in [-0.1, -0.05) is 15.9 Å². The number of ketones is 1. The van der Waals surface area contributed by atoms with E-state index in [0.29, 0.717) is 15.7 Å². The van der Waals surface area contributed by atoms with Crippen molar-refractivity contribution in [2.45, 2.75) is 19.3 Å². The first-order chi connectivity index (χ1) is 11.7. The predicted octanol–water partition coefficient (Wildman–Crippen LogP) is 1.88. The topological polar surface area (TPSA) is 108 Å². The number of methoxy groups -OCH3 is 1. The predicted molar refractivity (Wildman–Crippen MR) is 92.1 cm³/mol. The molecule has 1 aromatic rings. The van der Waals surface area contributed by atoms with Crippen LogP contribution in [0.15, 0.2) is 45.5 Å². The minimum atomic E-state index is -1.72. The number of carbonyl (C=O) groups is 3. The van der Waals surface area contributed by atoms with Gasteiger partial charge in [0.1, 0.15) is 16.7 Å². The van der Waals surface area contributed by atoms with Gasteiger partial charge in [-0.25, -0.2) is 4.79 Å². The molecule has 0 saturated carbocycles. The molecule has 2 aliphatic heterocycles. The largest absolute Gasteiger partial charge is 0.465 e. The third-order valence-electron chi connectivity index (χ3n) is 4.33. The number of allylic oxidation sites excluding steroid dienone is 1. The molecular formula is C17H15BrN2O5. The lowest BCUT2D eigenvalue weighted by molar-refractivity contribution is -0.138. The molecule has 0 aromatic heterocycles. The minimum Gasteiger partial charge on any atom is -0.465 e. The number of ether oxygens (including phenoxy) is 2. The maximum Gasteiger partial charge on any atom is 0.340 e. The molecule has 0 unspecified atom stereocenters. The second-order valence-corrected chi connectivity index (χ2v) is 6.63. The molecule has 7 nitrogen and oxygen atoms in total. The molecule has 130 valence electrons. The molecule has 0 radical (unpaired) electrons. The summed E-state index contributed by atoms with van der Waals surface area (Å²) in [7, 11) is 1.17. The highest BCUT2D eigenvalue weighted by molar-refractivity contribution is 9.10. The summed E-state index contributed by atoms with van der Waals surface area (Å²) in [6.45, 7) is 2.84. The van der Waals surface area contributed by atoms with Crippen molar-refractivity contribution in [3.8, 4) is 0 Å². The smallest absolute Gasteiger partial charge is 0.340 e. The average Bonchev–Trinajstić information content (AvgIpc) is 2.79. The Morgan fingerprint density at radius 2 is 2.00 bits per heavy atom. The summed E-state index contributed by atoms with van der Waals surface area (Å²) in [5.41, 5.74) is 4.98. The lowest BCUT2D eigenvalue weighted by Crippen LogP contribution is -2.47. The summed E-state index contributed by atoms with van der Waals surface area (Å²) in [6.07, 6.45) is 0. The van der Waals surface area contributed by atoms with Crippen molar-refractivity contribution in [1.29, 1.82) is 0 Å². The lowest BCUT2D eigenvalue weighted by Gasteiger charge is -2.35. The Morgan fingerprint density at radius 1 is 1.32 bits per heavy atom. The van der Waals surface area contributed by atoms with Gasteiger partial charge in [0.05, 0.1) is 12.7 Å². The first-order valence-corrected chi connectivity index (χ1v) is 8.14. The number of benzene rings is 1. The Hall–Kier alpha value is -2.61. The van der Waals surface area contributed by atoms with Gasteiger partial charge in [0.15, 0.2) is 5.78 Å². The van der Waals surface area contributed by atoms with Gasteiger partial charge in [-0.3, -0.25) is 9.59 Å². The van der Waals surface area contributed by atoms with Crippen molar-refractivity contribution in [3.63, 3.8) is 0 Å². The van der Waals surface area contributed by atoms with E-state index >= 15 is 0 Å². The van der Waals surface area contributed by atoms with Crippen molar-refractivity contribution < 1.29 is 23.9 Å².